The first-order valence-corrected chi connectivity index (χ1v) is 14.0. The zero-order valence-electron chi connectivity index (χ0n) is 23.8. The quantitative estimate of drug-likeness (QED) is 0.128. The maximum Gasteiger partial charge on any atom is 0.303 e. The topological polar surface area (TPSA) is 80.6 Å². The first-order chi connectivity index (χ1) is 20.4. The Hall–Kier alpha value is -5.10. The summed E-state index contributed by atoms with van der Waals surface area (Å²) in [5.74, 6) is -0.613. The Morgan fingerprint density at radius 3 is 2.26 bits per heavy atom. The van der Waals surface area contributed by atoms with Crippen LogP contribution >= 0.6 is 0 Å². The molecule has 4 aromatic carbocycles. The highest BCUT2D eigenvalue weighted by molar-refractivity contribution is 6.05. The van der Waals surface area contributed by atoms with E-state index in [0.717, 1.165) is 27.6 Å². The lowest BCUT2D eigenvalue weighted by molar-refractivity contribution is -0.137. The molecular weight excluding hydrogens is 524 g/mol. The van der Waals surface area contributed by atoms with Crippen LogP contribution in [0.1, 0.15) is 48.1 Å². The molecule has 0 aliphatic carbocycles. The summed E-state index contributed by atoms with van der Waals surface area (Å²) in [6.45, 7) is 4.11. The molecule has 1 heterocycles. The van der Waals surface area contributed by atoms with Crippen molar-refractivity contribution in [3.8, 4) is 5.75 Å². The Kier molecular flexibility index (Phi) is 8.83. The standard InChI is InChI=1S/C36H34N2O4/c1-25-15-18-33(42-21-9-14-35(40)41)31(22-25)37-34(39)23-26(2)29-16-17-32-30(24-29)19-20-38(32)36(27-10-5-3-6-11-27)28-12-7-4-8-13-28/h3-8,10-13,15-20,22-24,36H,9,14,21H2,1-2H3,(H,37,39)(H,40,41)/b26-23+. The number of amides is 1. The molecule has 42 heavy (non-hydrogen) atoms. The van der Waals surface area contributed by atoms with E-state index in [-0.39, 0.29) is 25.0 Å². The summed E-state index contributed by atoms with van der Waals surface area (Å²) < 4.78 is 8.06. The van der Waals surface area contributed by atoms with Gasteiger partial charge in [0.2, 0.25) is 5.91 Å². The molecule has 0 aliphatic rings. The van der Waals surface area contributed by atoms with Crippen LogP contribution in [0, 0.1) is 6.92 Å². The second-order valence-corrected chi connectivity index (χ2v) is 10.4. The minimum absolute atomic E-state index is 0.0301. The van der Waals surface area contributed by atoms with Crippen LogP contribution in [0.25, 0.3) is 16.5 Å². The molecule has 0 saturated heterocycles. The van der Waals surface area contributed by atoms with E-state index in [1.807, 2.05) is 38.1 Å². The average molecular weight is 559 g/mol. The van der Waals surface area contributed by atoms with Gasteiger partial charge in [0.1, 0.15) is 5.75 Å². The molecular formula is C36H34N2O4. The fraction of sp³-hybridized carbons (Fsp3) is 0.167. The number of anilines is 1. The van der Waals surface area contributed by atoms with Crippen LogP contribution in [0.15, 0.2) is 115 Å². The van der Waals surface area contributed by atoms with Gasteiger partial charge in [0.15, 0.2) is 0 Å². The van der Waals surface area contributed by atoms with Crippen LogP contribution in [0.2, 0.25) is 0 Å². The SMILES string of the molecule is C/C(=C\C(=O)Nc1cc(C)ccc1OCCCC(=O)O)c1ccc2c(ccn2C(c2ccccc2)c2ccccc2)c1. The molecule has 0 radical (unpaired) electrons. The largest absolute Gasteiger partial charge is 0.491 e. The number of carbonyl (C=O) groups is 2. The number of carbonyl (C=O) groups excluding carboxylic acids is 1. The summed E-state index contributed by atoms with van der Waals surface area (Å²) in [4.78, 5) is 23.8. The van der Waals surface area contributed by atoms with Gasteiger partial charge >= 0.3 is 5.97 Å². The van der Waals surface area contributed by atoms with Crippen molar-refractivity contribution in [2.24, 2.45) is 0 Å². The van der Waals surface area contributed by atoms with Crippen molar-refractivity contribution < 1.29 is 19.4 Å². The molecule has 5 aromatic rings. The van der Waals surface area contributed by atoms with Gasteiger partial charge in [0.25, 0.3) is 0 Å². The Bertz CT molecular complexity index is 1680. The van der Waals surface area contributed by atoms with Crippen molar-refractivity contribution in [2.45, 2.75) is 32.7 Å². The maximum atomic E-state index is 13.0. The number of aliphatic carboxylic acids is 1. The Labute approximate surface area is 245 Å². The van der Waals surface area contributed by atoms with Gasteiger partial charge in [-0.1, -0.05) is 72.8 Å². The van der Waals surface area contributed by atoms with Gasteiger partial charge in [0, 0.05) is 29.6 Å². The normalized spacial score (nSPS) is 11.5. The zero-order chi connectivity index (χ0) is 29.5. The zero-order valence-corrected chi connectivity index (χ0v) is 23.8. The predicted molar refractivity (Wildman–Crippen MR) is 168 cm³/mol. The van der Waals surface area contributed by atoms with Crippen LogP contribution in [0.4, 0.5) is 5.69 Å². The molecule has 0 unspecified atom stereocenters. The Balaban J connectivity index is 1.37. The maximum absolute atomic E-state index is 13.0. The van der Waals surface area contributed by atoms with Crippen molar-refractivity contribution in [1.82, 2.24) is 4.57 Å². The van der Waals surface area contributed by atoms with Gasteiger partial charge in [-0.2, -0.15) is 0 Å². The van der Waals surface area contributed by atoms with Crippen LogP contribution in [-0.2, 0) is 9.59 Å². The number of allylic oxidation sites excluding steroid dienone is 1. The molecule has 1 amide bonds. The van der Waals surface area contributed by atoms with Gasteiger partial charge in [-0.05, 0) is 78.4 Å². The molecule has 0 atom stereocenters. The molecule has 2 N–H and O–H groups in total. The second kappa shape index (κ2) is 13.0. The summed E-state index contributed by atoms with van der Waals surface area (Å²) in [6, 6.07) is 34.9. The number of benzene rings is 4. The number of aryl methyl sites for hydroxylation is 1. The molecule has 212 valence electrons. The molecule has 0 saturated carbocycles. The summed E-state index contributed by atoms with van der Waals surface area (Å²) in [5.41, 5.74) is 6.85. The fourth-order valence-electron chi connectivity index (χ4n) is 5.14. The van der Waals surface area contributed by atoms with E-state index in [2.05, 4.69) is 88.9 Å². The van der Waals surface area contributed by atoms with E-state index < -0.39 is 5.97 Å². The van der Waals surface area contributed by atoms with E-state index in [1.165, 1.54) is 11.1 Å². The smallest absolute Gasteiger partial charge is 0.303 e. The molecule has 0 aliphatic heterocycles. The highest BCUT2D eigenvalue weighted by atomic mass is 16.5. The number of hydrogen-bond acceptors (Lipinski definition) is 3. The van der Waals surface area contributed by atoms with Crippen molar-refractivity contribution in [1.29, 1.82) is 0 Å². The summed E-state index contributed by atoms with van der Waals surface area (Å²) in [7, 11) is 0. The van der Waals surface area contributed by atoms with Crippen molar-refractivity contribution in [3.63, 3.8) is 0 Å². The van der Waals surface area contributed by atoms with E-state index in [1.54, 1.807) is 12.1 Å². The summed E-state index contributed by atoms with van der Waals surface area (Å²) in [6.07, 6.45) is 4.13. The van der Waals surface area contributed by atoms with Gasteiger partial charge < -0.3 is 19.7 Å². The molecule has 0 spiro atoms. The minimum Gasteiger partial charge on any atom is -0.491 e. The van der Waals surface area contributed by atoms with Crippen molar-refractivity contribution in [2.75, 3.05) is 11.9 Å². The van der Waals surface area contributed by atoms with Crippen molar-refractivity contribution >= 4 is 34.0 Å². The lowest BCUT2D eigenvalue weighted by Gasteiger charge is -2.21. The summed E-state index contributed by atoms with van der Waals surface area (Å²) in [5, 5.41) is 12.9. The van der Waals surface area contributed by atoms with E-state index in [9.17, 15) is 9.59 Å². The number of rotatable bonds is 11. The highest BCUT2D eigenvalue weighted by Gasteiger charge is 2.18. The highest BCUT2D eigenvalue weighted by Crippen LogP contribution is 2.32. The van der Waals surface area contributed by atoms with Crippen LogP contribution < -0.4 is 10.1 Å². The van der Waals surface area contributed by atoms with Crippen molar-refractivity contribution in [3.05, 3.63) is 138 Å². The Morgan fingerprint density at radius 2 is 1.60 bits per heavy atom. The number of fused-ring (bicyclic) bond motifs is 1. The van der Waals surface area contributed by atoms with Crippen LogP contribution in [-0.4, -0.2) is 28.2 Å². The van der Waals surface area contributed by atoms with E-state index in [0.29, 0.717) is 17.9 Å². The molecule has 1 aromatic heterocycles. The number of nitrogens with zero attached hydrogens (tertiary/aromatic N) is 1. The number of ether oxygens (including phenoxy) is 1. The lowest BCUT2D eigenvalue weighted by Crippen LogP contribution is -2.11. The second-order valence-electron chi connectivity index (χ2n) is 10.4. The predicted octanol–water partition coefficient (Wildman–Crippen LogP) is 7.87. The third-order valence-electron chi connectivity index (χ3n) is 7.22. The lowest BCUT2D eigenvalue weighted by atomic mass is 9.98. The molecule has 5 rings (SSSR count). The Morgan fingerprint density at radius 1 is 0.905 bits per heavy atom. The van der Waals surface area contributed by atoms with Crippen LogP contribution in [0.5, 0.6) is 5.75 Å². The molecule has 6 nitrogen and oxygen atoms in total. The molecule has 0 bridgehead atoms. The first-order valence-electron chi connectivity index (χ1n) is 14.0. The first kappa shape index (κ1) is 28.4. The minimum atomic E-state index is -0.862. The third-order valence-corrected chi connectivity index (χ3v) is 7.22. The van der Waals surface area contributed by atoms with Gasteiger partial charge in [-0.15, -0.1) is 0 Å². The number of carboxylic acid groups (broad SMARTS) is 1. The monoisotopic (exact) mass is 558 g/mol. The molecule has 0 fully saturated rings. The number of aromatic nitrogens is 1. The number of nitrogens with one attached hydrogen (secondary N) is 1. The van der Waals surface area contributed by atoms with Gasteiger partial charge in [-0.25, -0.2) is 0 Å². The molecule has 6 heteroatoms. The van der Waals surface area contributed by atoms with Crippen LogP contribution in [0.3, 0.4) is 0 Å². The third kappa shape index (κ3) is 6.78. The average Bonchev–Trinajstić information content (AvgIpc) is 3.40. The van der Waals surface area contributed by atoms with E-state index in [4.69, 9.17) is 9.84 Å². The number of hydrogen-bond donors (Lipinski definition) is 2. The fourth-order valence-corrected chi connectivity index (χ4v) is 5.14. The number of carboxylic acids is 1. The summed E-state index contributed by atoms with van der Waals surface area (Å²) >= 11 is 0. The van der Waals surface area contributed by atoms with E-state index >= 15 is 0 Å². The van der Waals surface area contributed by atoms with Gasteiger partial charge in [0.05, 0.1) is 18.3 Å². The van der Waals surface area contributed by atoms with Gasteiger partial charge in [-0.3, -0.25) is 9.59 Å².